The standard InChI is InChI=1S/C14H29N3O2/c1-7-11(8-2)9-16-13(15-6)17-10-12(18)19-14(3,4)5/h11H,7-10H2,1-6H3,(H2,15,16,17). The average molecular weight is 271 g/mol. The summed E-state index contributed by atoms with van der Waals surface area (Å²) in [6.07, 6.45) is 2.26. The normalized spacial score (nSPS) is 12.5. The molecule has 2 N–H and O–H groups in total. The van der Waals surface area contributed by atoms with Crippen molar-refractivity contribution in [1.82, 2.24) is 10.6 Å². The minimum Gasteiger partial charge on any atom is -0.459 e. The lowest BCUT2D eigenvalue weighted by Crippen LogP contribution is -2.43. The first-order valence-electron chi connectivity index (χ1n) is 6.98. The summed E-state index contributed by atoms with van der Waals surface area (Å²) in [6, 6.07) is 0. The van der Waals surface area contributed by atoms with Crippen molar-refractivity contribution in [2.75, 3.05) is 20.1 Å². The maximum absolute atomic E-state index is 11.6. The molecule has 0 amide bonds. The van der Waals surface area contributed by atoms with Gasteiger partial charge in [0.1, 0.15) is 12.1 Å². The fourth-order valence-corrected chi connectivity index (χ4v) is 1.57. The maximum atomic E-state index is 11.6. The Labute approximate surface area is 117 Å². The van der Waals surface area contributed by atoms with Crippen molar-refractivity contribution in [2.24, 2.45) is 10.9 Å². The SMILES string of the molecule is CCC(CC)CNC(=NC)NCC(=O)OC(C)(C)C. The molecule has 0 aromatic heterocycles. The molecule has 0 rings (SSSR count). The third-order valence-electron chi connectivity index (χ3n) is 2.76. The number of carbonyl (C=O) groups is 1. The highest BCUT2D eigenvalue weighted by Gasteiger charge is 2.16. The Morgan fingerprint density at radius 3 is 2.21 bits per heavy atom. The van der Waals surface area contributed by atoms with Crippen molar-refractivity contribution in [1.29, 1.82) is 0 Å². The second-order valence-electron chi connectivity index (χ2n) is 5.58. The smallest absolute Gasteiger partial charge is 0.325 e. The lowest BCUT2D eigenvalue weighted by atomic mass is 10.0. The zero-order valence-electron chi connectivity index (χ0n) is 13.2. The predicted octanol–water partition coefficient (Wildman–Crippen LogP) is 1.93. The Morgan fingerprint density at radius 2 is 1.79 bits per heavy atom. The summed E-state index contributed by atoms with van der Waals surface area (Å²) < 4.78 is 5.22. The zero-order chi connectivity index (χ0) is 14.9. The summed E-state index contributed by atoms with van der Waals surface area (Å²) >= 11 is 0. The van der Waals surface area contributed by atoms with Crippen LogP contribution in [0, 0.1) is 5.92 Å². The highest BCUT2D eigenvalue weighted by Crippen LogP contribution is 2.06. The van der Waals surface area contributed by atoms with Crippen molar-refractivity contribution in [2.45, 2.75) is 53.1 Å². The van der Waals surface area contributed by atoms with Gasteiger partial charge < -0.3 is 15.4 Å². The number of carbonyl (C=O) groups excluding carboxylic acids is 1. The molecule has 5 nitrogen and oxygen atoms in total. The molecule has 0 aromatic rings. The number of nitrogens with one attached hydrogen (secondary N) is 2. The lowest BCUT2D eigenvalue weighted by molar-refractivity contribution is -0.153. The number of guanidine groups is 1. The number of hydrogen-bond acceptors (Lipinski definition) is 3. The summed E-state index contributed by atoms with van der Waals surface area (Å²) in [4.78, 5) is 15.6. The van der Waals surface area contributed by atoms with E-state index in [-0.39, 0.29) is 12.5 Å². The number of nitrogens with zero attached hydrogens (tertiary/aromatic N) is 1. The van der Waals surface area contributed by atoms with E-state index in [1.54, 1.807) is 7.05 Å². The first kappa shape index (κ1) is 17.7. The van der Waals surface area contributed by atoms with E-state index in [1.165, 1.54) is 0 Å². The Kier molecular flexibility index (Phi) is 8.19. The van der Waals surface area contributed by atoms with Gasteiger partial charge in [-0.2, -0.15) is 0 Å². The van der Waals surface area contributed by atoms with Crippen LogP contribution in [-0.4, -0.2) is 37.7 Å². The van der Waals surface area contributed by atoms with Crippen LogP contribution in [0.1, 0.15) is 47.5 Å². The molecule has 0 aliphatic rings. The molecule has 0 fully saturated rings. The Balaban J connectivity index is 4.05. The molecular weight excluding hydrogens is 242 g/mol. The van der Waals surface area contributed by atoms with Crippen LogP contribution in [0.4, 0.5) is 0 Å². The summed E-state index contributed by atoms with van der Waals surface area (Å²) in [7, 11) is 1.69. The second kappa shape index (κ2) is 8.77. The van der Waals surface area contributed by atoms with Crippen LogP contribution in [0.25, 0.3) is 0 Å². The first-order chi connectivity index (χ1) is 8.82. The Hall–Kier alpha value is -1.26. The Bertz CT molecular complexity index is 292. The van der Waals surface area contributed by atoms with Gasteiger partial charge >= 0.3 is 5.97 Å². The van der Waals surface area contributed by atoms with Crippen molar-refractivity contribution in [3.8, 4) is 0 Å². The first-order valence-corrected chi connectivity index (χ1v) is 6.98. The van der Waals surface area contributed by atoms with Crippen LogP contribution in [-0.2, 0) is 9.53 Å². The Morgan fingerprint density at radius 1 is 1.21 bits per heavy atom. The molecule has 0 unspecified atom stereocenters. The fraction of sp³-hybridized carbons (Fsp3) is 0.857. The third kappa shape index (κ3) is 9.33. The zero-order valence-corrected chi connectivity index (χ0v) is 13.2. The van der Waals surface area contributed by atoms with Gasteiger partial charge in [-0.05, 0) is 26.7 Å². The summed E-state index contributed by atoms with van der Waals surface area (Å²) in [5, 5.41) is 6.18. The van der Waals surface area contributed by atoms with Crippen LogP contribution < -0.4 is 10.6 Å². The quantitative estimate of drug-likeness (QED) is 0.440. The highest BCUT2D eigenvalue weighted by atomic mass is 16.6. The van der Waals surface area contributed by atoms with Crippen LogP contribution in [0.3, 0.4) is 0 Å². The van der Waals surface area contributed by atoms with E-state index in [0.717, 1.165) is 19.4 Å². The summed E-state index contributed by atoms with van der Waals surface area (Å²) in [5.74, 6) is 0.982. The van der Waals surface area contributed by atoms with Gasteiger partial charge in [0.25, 0.3) is 0 Å². The molecule has 0 radical (unpaired) electrons. The van der Waals surface area contributed by atoms with Gasteiger partial charge in [-0.25, -0.2) is 0 Å². The lowest BCUT2D eigenvalue weighted by Gasteiger charge is -2.20. The molecule has 0 aliphatic heterocycles. The minimum absolute atomic E-state index is 0.125. The largest absolute Gasteiger partial charge is 0.459 e. The molecule has 0 saturated heterocycles. The van der Waals surface area contributed by atoms with E-state index in [2.05, 4.69) is 29.5 Å². The second-order valence-corrected chi connectivity index (χ2v) is 5.58. The molecule has 0 heterocycles. The highest BCUT2D eigenvalue weighted by molar-refractivity contribution is 5.84. The number of esters is 1. The van der Waals surface area contributed by atoms with Gasteiger partial charge in [0, 0.05) is 13.6 Å². The van der Waals surface area contributed by atoms with Gasteiger partial charge in [0.2, 0.25) is 0 Å². The van der Waals surface area contributed by atoms with E-state index in [1.807, 2.05) is 20.8 Å². The molecule has 0 bridgehead atoms. The molecule has 19 heavy (non-hydrogen) atoms. The van der Waals surface area contributed by atoms with Gasteiger partial charge in [0.05, 0.1) is 0 Å². The van der Waals surface area contributed by atoms with E-state index >= 15 is 0 Å². The predicted molar refractivity (Wildman–Crippen MR) is 79.3 cm³/mol. The van der Waals surface area contributed by atoms with Crippen LogP contribution in [0.15, 0.2) is 4.99 Å². The number of rotatable bonds is 6. The summed E-state index contributed by atoms with van der Waals surface area (Å²) in [5.41, 5.74) is -0.453. The molecule has 0 saturated carbocycles. The molecule has 0 atom stereocenters. The van der Waals surface area contributed by atoms with Crippen molar-refractivity contribution >= 4 is 11.9 Å². The molecule has 0 aliphatic carbocycles. The molecule has 5 heteroatoms. The van der Waals surface area contributed by atoms with Crippen molar-refractivity contribution in [3.63, 3.8) is 0 Å². The average Bonchev–Trinajstić information content (AvgIpc) is 2.31. The number of aliphatic imine (C=N–C) groups is 1. The molecule has 112 valence electrons. The van der Waals surface area contributed by atoms with Crippen LogP contribution >= 0.6 is 0 Å². The van der Waals surface area contributed by atoms with Crippen LogP contribution in [0.5, 0.6) is 0 Å². The number of ether oxygens (including phenoxy) is 1. The summed E-state index contributed by atoms with van der Waals surface area (Å²) in [6.45, 7) is 10.9. The fourth-order valence-electron chi connectivity index (χ4n) is 1.57. The van der Waals surface area contributed by atoms with Crippen molar-refractivity contribution < 1.29 is 9.53 Å². The molecular formula is C14H29N3O2. The maximum Gasteiger partial charge on any atom is 0.325 e. The molecule has 0 aromatic carbocycles. The van der Waals surface area contributed by atoms with E-state index in [0.29, 0.717) is 11.9 Å². The van der Waals surface area contributed by atoms with Crippen molar-refractivity contribution in [3.05, 3.63) is 0 Å². The van der Waals surface area contributed by atoms with E-state index < -0.39 is 5.60 Å². The van der Waals surface area contributed by atoms with E-state index in [4.69, 9.17) is 4.74 Å². The third-order valence-corrected chi connectivity index (χ3v) is 2.76. The van der Waals surface area contributed by atoms with E-state index in [9.17, 15) is 4.79 Å². The van der Waals surface area contributed by atoms with Gasteiger partial charge in [-0.1, -0.05) is 26.7 Å². The topological polar surface area (TPSA) is 62.7 Å². The van der Waals surface area contributed by atoms with Crippen LogP contribution in [0.2, 0.25) is 0 Å². The van der Waals surface area contributed by atoms with Gasteiger partial charge in [-0.15, -0.1) is 0 Å². The molecule has 0 spiro atoms. The minimum atomic E-state index is -0.453. The number of hydrogen-bond donors (Lipinski definition) is 2. The van der Waals surface area contributed by atoms with Gasteiger partial charge in [0.15, 0.2) is 5.96 Å². The van der Waals surface area contributed by atoms with Gasteiger partial charge in [-0.3, -0.25) is 9.79 Å². The monoisotopic (exact) mass is 271 g/mol.